The van der Waals surface area contributed by atoms with Crippen LogP contribution in [0.1, 0.15) is 5.56 Å². The summed E-state index contributed by atoms with van der Waals surface area (Å²) < 4.78 is 103. The van der Waals surface area contributed by atoms with Crippen molar-refractivity contribution in [2.24, 2.45) is 0 Å². The molecule has 0 fully saturated rings. The van der Waals surface area contributed by atoms with E-state index >= 15 is 0 Å². The van der Waals surface area contributed by atoms with Gasteiger partial charge in [-0.3, -0.25) is 0 Å². The lowest BCUT2D eigenvalue weighted by atomic mass is 10.2. The molecular weight excluding hydrogens is 481 g/mol. The third-order valence-electron chi connectivity index (χ3n) is 3.89. The normalized spacial score (nSPS) is 11.8. The molecule has 13 heteroatoms. The summed E-state index contributed by atoms with van der Waals surface area (Å²) in [7, 11) is 1.44. The van der Waals surface area contributed by atoms with E-state index in [4.69, 9.17) is 17.0 Å². The Morgan fingerprint density at radius 1 is 0.939 bits per heavy atom. The second kappa shape index (κ2) is 10.8. The predicted octanol–water partition coefficient (Wildman–Crippen LogP) is 6.03. The van der Waals surface area contributed by atoms with Gasteiger partial charge in [-0.2, -0.15) is 22.0 Å². The molecule has 0 heterocycles. The molecule has 33 heavy (non-hydrogen) atoms. The van der Waals surface area contributed by atoms with Gasteiger partial charge in [-0.1, -0.05) is 6.07 Å². The molecule has 0 aliphatic rings. The van der Waals surface area contributed by atoms with Gasteiger partial charge in [0.1, 0.15) is 17.2 Å². The van der Waals surface area contributed by atoms with E-state index in [1.807, 2.05) is 6.92 Å². The lowest BCUT2D eigenvalue weighted by Gasteiger charge is -2.18. The maximum atomic E-state index is 13.2. The van der Waals surface area contributed by atoms with Crippen LogP contribution >= 0.6 is 12.2 Å². The highest BCUT2D eigenvalue weighted by molar-refractivity contribution is 7.80. The third kappa shape index (κ3) is 8.48. The number of nitrogens with one attached hydrogen (secondary N) is 2. The quantitative estimate of drug-likeness (QED) is 0.324. The average Bonchev–Trinajstić information content (AvgIpc) is 2.70. The number of benzene rings is 2. The summed E-state index contributed by atoms with van der Waals surface area (Å²) in [6.45, 7) is -1.55. The molecule has 5 nitrogen and oxygen atoms in total. The van der Waals surface area contributed by atoms with Crippen LogP contribution < -0.4 is 24.8 Å². The highest BCUT2D eigenvalue weighted by atomic mass is 32.1. The topological polar surface area (TPSA) is 51.8 Å². The van der Waals surface area contributed by atoms with E-state index in [1.54, 1.807) is 18.2 Å². The second-order valence-electron chi connectivity index (χ2n) is 6.73. The fraction of sp³-hybridized carbons (Fsp3) is 0.350. The van der Waals surface area contributed by atoms with Crippen LogP contribution in [0.4, 0.5) is 42.1 Å². The third-order valence-corrected chi connectivity index (χ3v) is 4.10. The monoisotopic (exact) mass is 500 g/mol. The Hall–Kier alpha value is -2.96. The van der Waals surface area contributed by atoms with Crippen molar-refractivity contribution in [1.29, 1.82) is 0 Å². The van der Waals surface area contributed by atoms with Gasteiger partial charge in [0.2, 0.25) is 0 Å². The van der Waals surface area contributed by atoms with E-state index in [2.05, 4.69) is 20.1 Å². The summed E-state index contributed by atoms with van der Waals surface area (Å²) >= 11 is 5.18. The molecule has 0 aliphatic heterocycles. The van der Waals surface area contributed by atoms with Gasteiger partial charge in [0.25, 0.3) is 0 Å². The Kier molecular flexibility index (Phi) is 8.58. The Bertz CT molecular complexity index is 971. The number of aryl methyl sites for hydroxylation is 1. The van der Waals surface area contributed by atoms with E-state index in [-0.39, 0.29) is 10.8 Å². The molecule has 0 bridgehead atoms. The summed E-state index contributed by atoms with van der Waals surface area (Å²) in [5, 5.41) is 5.45. The standard InChI is InChI=1S/C20H19F7N2O3S/c1-11-3-4-16(30-2)15(5-11)29-18(33)28-12-6-13(31-9-19(23,24)17(21)22)8-14(7-12)32-10-20(25,26)27/h3-8,17H,9-10H2,1-2H3,(H2,28,29,33). The molecule has 0 unspecified atom stereocenters. The van der Waals surface area contributed by atoms with Gasteiger partial charge >= 0.3 is 18.5 Å². The number of ether oxygens (including phenoxy) is 3. The first-order chi connectivity index (χ1) is 15.3. The number of halogens is 7. The Morgan fingerprint density at radius 2 is 1.55 bits per heavy atom. The number of anilines is 2. The Morgan fingerprint density at radius 3 is 2.09 bits per heavy atom. The molecule has 182 valence electrons. The van der Waals surface area contributed by atoms with E-state index in [0.717, 1.165) is 23.8 Å². The van der Waals surface area contributed by atoms with Crippen LogP contribution in [0.2, 0.25) is 0 Å². The van der Waals surface area contributed by atoms with Crippen molar-refractivity contribution in [3.63, 3.8) is 0 Å². The zero-order valence-electron chi connectivity index (χ0n) is 17.2. The number of hydrogen-bond acceptors (Lipinski definition) is 4. The minimum absolute atomic E-state index is 0.00541. The number of alkyl halides is 7. The summed E-state index contributed by atoms with van der Waals surface area (Å²) in [6, 6.07) is 8.24. The molecule has 0 radical (unpaired) electrons. The molecular formula is C20H19F7N2O3S. The van der Waals surface area contributed by atoms with Crippen LogP contribution in [0.5, 0.6) is 17.2 Å². The first kappa shape index (κ1) is 26.3. The fourth-order valence-electron chi connectivity index (χ4n) is 2.42. The molecule has 2 rings (SSSR count). The van der Waals surface area contributed by atoms with Crippen molar-refractivity contribution in [2.75, 3.05) is 31.0 Å². The van der Waals surface area contributed by atoms with Crippen molar-refractivity contribution in [1.82, 2.24) is 0 Å². The number of methoxy groups -OCH3 is 1. The summed E-state index contributed by atoms with van der Waals surface area (Å²) in [5.41, 5.74) is 1.35. The highest BCUT2D eigenvalue weighted by Crippen LogP contribution is 2.31. The molecule has 2 aromatic carbocycles. The van der Waals surface area contributed by atoms with Crippen LogP contribution in [0.15, 0.2) is 36.4 Å². The minimum Gasteiger partial charge on any atom is -0.495 e. The largest absolute Gasteiger partial charge is 0.495 e. The summed E-state index contributed by atoms with van der Waals surface area (Å²) in [6.07, 6.45) is -8.66. The average molecular weight is 500 g/mol. The maximum Gasteiger partial charge on any atom is 0.422 e. The van der Waals surface area contributed by atoms with Gasteiger partial charge < -0.3 is 24.8 Å². The van der Waals surface area contributed by atoms with Crippen LogP contribution in [0.25, 0.3) is 0 Å². The SMILES string of the molecule is COc1ccc(C)cc1NC(=S)Nc1cc(OCC(F)(F)F)cc(OCC(F)(F)C(F)F)c1. The molecule has 0 aromatic heterocycles. The van der Waals surface area contributed by atoms with Crippen molar-refractivity contribution in [2.45, 2.75) is 25.4 Å². The van der Waals surface area contributed by atoms with E-state index in [9.17, 15) is 30.7 Å². The molecule has 0 spiro atoms. The fourth-order valence-corrected chi connectivity index (χ4v) is 2.65. The van der Waals surface area contributed by atoms with Crippen LogP contribution in [-0.2, 0) is 0 Å². The Balaban J connectivity index is 2.22. The molecule has 0 saturated carbocycles. The molecule has 0 amide bonds. The zero-order chi connectivity index (χ0) is 24.8. The highest BCUT2D eigenvalue weighted by Gasteiger charge is 2.41. The van der Waals surface area contributed by atoms with Crippen molar-refractivity contribution >= 4 is 28.7 Å². The maximum absolute atomic E-state index is 13.2. The van der Waals surface area contributed by atoms with Crippen LogP contribution in [0.3, 0.4) is 0 Å². The summed E-state index contributed by atoms with van der Waals surface area (Å²) in [4.78, 5) is 0. The van der Waals surface area contributed by atoms with Gasteiger partial charge in [-0.15, -0.1) is 0 Å². The van der Waals surface area contributed by atoms with Crippen molar-refractivity contribution < 1.29 is 44.9 Å². The predicted molar refractivity (Wildman–Crippen MR) is 112 cm³/mol. The summed E-state index contributed by atoms with van der Waals surface area (Å²) in [5.74, 6) is -4.86. The van der Waals surface area contributed by atoms with Gasteiger partial charge in [-0.05, 0) is 36.8 Å². The van der Waals surface area contributed by atoms with Gasteiger partial charge in [0, 0.05) is 23.9 Å². The van der Waals surface area contributed by atoms with Crippen LogP contribution in [-0.4, -0.2) is 44.0 Å². The molecule has 0 aliphatic carbocycles. The lowest BCUT2D eigenvalue weighted by Crippen LogP contribution is -2.33. The van der Waals surface area contributed by atoms with Crippen molar-refractivity contribution in [3.8, 4) is 17.2 Å². The van der Waals surface area contributed by atoms with Gasteiger partial charge in [-0.25, -0.2) is 8.78 Å². The molecule has 2 aromatic rings. The van der Waals surface area contributed by atoms with Gasteiger partial charge in [0.05, 0.1) is 12.8 Å². The van der Waals surface area contributed by atoms with Gasteiger partial charge in [0.15, 0.2) is 18.3 Å². The zero-order valence-corrected chi connectivity index (χ0v) is 18.1. The number of thiocarbonyl (C=S) groups is 1. The molecule has 0 saturated heterocycles. The second-order valence-corrected chi connectivity index (χ2v) is 7.14. The minimum atomic E-state index is -4.67. The van der Waals surface area contributed by atoms with E-state index < -0.39 is 43.2 Å². The molecule has 0 atom stereocenters. The van der Waals surface area contributed by atoms with E-state index in [1.165, 1.54) is 7.11 Å². The number of rotatable bonds is 9. The first-order valence-electron chi connectivity index (χ1n) is 9.15. The van der Waals surface area contributed by atoms with Crippen LogP contribution in [0, 0.1) is 6.92 Å². The Labute approximate surface area is 189 Å². The lowest BCUT2D eigenvalue weighted by molar-refractivity contribution is -0.153. The van der Waals surface area contributed by atoms with E-state index in [0.29, 0.717) is 11.4 Å². The first-order valence-corrected chi connectivity index (χ1v) is 9.56. The van der Waals surface area contributed by atoms with Crippen molar-refractivity contribution in [3.05, 3.63) is 42.0 Å². The number of hydrogen-bond donors (Lipinski definition) is 2. The molecule has 2 N–H and O–H groups in total. The smallest absolute Gasteiger partial charge is 0.422 e.